The smallest absolute Gasteiger partial charge is 0.227 e. The number of carbonyl (C=O) groups excluding carboxylic acids is 1. The van der Waals surface area contributed by atoms with Crippen LogP contribution in [0.4, 0.5) is 0 Å². The first-order chi connectivity index (χ1) is 13.0. The molecule has 2 bridgehead atoms. The van der Waals surface area contributed by atoms with E-state index in [1.54, 1.807) is 6.07 Å². The summed E-state index contributed by atoms with van der Waals surface area (Å²) in [5, 5.41) is 10.00. The summed E-state index contributed by atoms with van der Waals surface area (Å²) in [5.41, 5.74) is 3.20. The van der Waals surface area contributed by atoms with Gasteiger partial charge in [0, 0.05) is 12.0 Å². The minimum Gasteiger partial charge on any atom is -0.508 e. The maximum atomic E-state index is 13.1. The molecular formula is C24H27NO2. The van der Waals surface area contributed by atoms with Gasteiger partial charge in [0.25, 0.3) is 0 Å². The molecule has 1 saturated carbocycles. The summed E-state index contributed by atoms with van der Waals surface area (Å²) >= 11 is 0. The predicted molar refractivity (Wildman–Crippen MR) is 108 cm³/mol. The average Bonchev–Trinajstić information content (AvgIpc) is 2.64. The summed E-state index contributed by atoms with van der Waals surface area (Å²) in [6.07, 6.45) is 3.32. The third kappa shape index (κ3) is 3.16. The van der Waals surface area contributed by atoms with Crippen LogP contribution in [0.1, 0.15) is 37.3 Å². The first kappa shape index (κ1) is 17.8. The number of phenols is 1. The lowest BCUT2D eigenvalue weighted by molar-refractivity contribution is -0.134. The summed E-state index contributed by atoms with van der Waals surface area (Å²) < 4.78 is 0. The number of benzene rings is 2. The topological polar surface area (TPSA) is 40.5 Å². The number of carbonyl (C=O) groups is 1. The van der Waals surface area contributed by atoms with Crippen molar-refractivity contribution in [1.82, 2.24) is 4.90 Å². The molecule has 1 saturated heterocycles. The highest BCUT2D eigenvalue weighted by Crippen LogP contribution is 2.52. The molecule has 3 heteroatoms. The van der Waals surface area contributed by atoms with Gasteiger partial charge in [-0.05, 0) is 54.0 Å². The van der Waals surface area contributed by atoms with Gasteiger partial charge in [-0.25, -0.2) is 0 Å². The fraction of sp³-hybridized carbons (Fsp3) is 0.375. The molecule has 1 amide bonds. The van der Waals surface area contributed by atoms with Crippen molar-refractivity contribution in [2.75, 3.05) is 6.54 Å². The van der Waals surface area contributed by atoms with E-state index in [9.17, 15) is 9.90 Å². The van der Waals surface area contributed by atoms with Crippen LogP contribution < -0.4 is 0 Å². The van der Waals surface area contributed by atoms with E-state index in [-0.39, 0.29) is 17.4 Å². The van der Waals surface area contributed by atoms with Crippen LogP contribution in [-0.4, -0.2) is 28.5 Å². The van der Waals surface area contributed by atoms with Crippen LogP contribution in [0.2, 0.25) is 0 Å². The molecule has 27 heavy (non-hydrogen) atoms. The van der Waals surface area contributed by atoms with E-state index >= 15 is 0 Å². The zero-order chi connectivity index (χ0) is 19.0. The standard InChI is InChI=1S/C24H27NO2/c1-17-13-22-18(2)24(16-17,20-9-6-10-21(26)15-20)11-12-25(22)23(27)14-19-7-4-3-5-8-19/h3-10,15,17,22,26H,2,11-14,16H2,1H3/t17-,22?,24?/m0/s1. The van der Waals surface area contributed by atoms with Crippen molar-refractivity contribution in [3.05, 3.63) is 77.9 Å². The molecule has 1 aliphatic carbocycles. The van der Waals surface area contributed by atoms with E-state index in [1.165, 1.54) is 0 Å². The Balaban J connectivity index is 1.62. The zero-order valence-corrected chi connectivity index (χ0v) is 15.9. The SMILES string of the molecule is C=C1C2C[C@H](C)CC1(c1cccc(O)c1)CCN2C(=O)Cc1ccccc1. The second-order valence-electron chi connectivity index (χ2n) is 8.22. The number of aromatic hydroxyl groups is 1. The van der Waals surface area contributed by atoms with Crippen molar-refractivity contribution in [2.24, 2.45) is 5.92 Å². The van der Waals surface area contributed by atoms with Crippen molar-refractivity contribution in [3.63, 3.8) is 0 Å². The van der Waals surface area contributed by atoms with E-state index in [1.807, 2.05) is 47.4 Å². The quantitative estimate of drug-likeness (QED) is 0.820. The van der Waals surface area contributed by atoms with Gasteiger partial charge in [0.05, 0.1) is 12.5 Å². The van der Waals surface area contributed by atoms with Crippen LogP contribution in [0, 0.1) is 5.92 Å². The lowest BCUT2D eigenvalue weighted by atomic mass is 9.58. The molecule has 2 unspecified atom stereocenters. The summed E-state index contributed by atoms with van der Waals surface area (Å²) in [4.78, 5) is 15.1. The van der Waals surface area contributed by atoms with E-state index < -0.39 is 0 Å². The molecule has 0 spiro atoms. The average molecular weight is 361 g/mol. The number of amides is 1. The Hall–Kier alpha value is -2.55. The molecule has 140 valence electrons. The number of piperidine rings is 1. The molecule has 3 atom stereocenters. The van der Waals surface area contributed by atoms with Crippen LogP contribution in [0.5, 0.6) is 5.75 Å². The second kappa shape index (κ2) is 6.88. The van der Waals surface area contributed by atoms with Crippen molar-refractivity contribution in [1.29, 1.82) is 0 Å². The molecule has 2 aliphatic rings. The Morgan fingerprint density at radius 2 is 2.00 bits per heavy atom. The Morgan fingerprint density at radius 1 is 1.22 bits per heavy atom. The molecule has 0 aromatic heterocycles. The summed E-state index contributed by atoms with van der Waals surface area (Å²) in [5.74, 6) is 0.994. The van der Waals surface area contributed by atoms with Crippen LogP contribution in [0.15, 0.2) is 66.7 Å². The summed E-state index contributed by atoms with van der Waals surface area (Å²) in [7, 11) is 0. The Morgan fingerprint density at radius 3 is 2.74 bits per heavy atom. The van der Waals surface area contributed by atoms with Gasteiger partial charge in [-0.15, -0.1) is 0 Å². The van der Waals surface area contributed by atoms with Gasteiger partial charge in [-0.3, -0.25) is 4.79 Å². The summed E-state index contributed by atoms with van der Waals surface area (Å²) in [6.45, 7) is 7.49. The van der Waals surface area contributed by atoms with Gasteiger partial charge in [-0.1, -0.05) is 56.0 Å². The normalized spacial score (nSPS) is 27.4. The molecule has 1 heterocycles. The lowest BCUT2D eigenvalue weighted by Gasteiger charge is -2.54. The van der Waals surface area contributed by atoms with Gasteiger partial charge in [-0.2, -0.15) is 0 Å². The number of phenolic OH excluding ortho intramolecular Hbond substituents is 1. The van der Waals surface area contributed by atoms with Crippen LogP contribution >= 0.6 is 0 Å². The fourth-order valence-electron chi connectivity index (χ4n) is 5.12. The number of fused-ring (bicyclic) bond motifs is 2. The van der Waals surface area contributed by atoms with Crippen molar-refractivity contribution < 1.29 is 9.90 Å². The monoisotopic (exact) mass is 361 g/mol. The van der Waals surface area contributed by atoms with Crippen molar-refractivity contribution in [2.45, 2.75) is 44.1 Å². The van der Waals surface area contributed by atoms with Crippen LogP contribution in [0.25, 0.3) is 0 Å². The third-order valence-electron chi connectivity index (χ3n) is 6.41. The molecular weight excluding hydrogens is 334 g/mol. The van der Waals surface area contributed by atoms with E-state index in [0.717, 1.165) is 42.5 Å². The van der Waals surface area contributed by atoms with E-state index in [4.69, 9.17) is 0 Å². The van der Waals surface area contributed by atoms with Crippen molar-refractivity contribution >= 4 is 5.91 Å². The minimum atomic E-state index is -0.134. The fourth-order valence-corrected chi connectivity index (χ4v) is 5.12. The number of likely N-dealkylation sites (tertiary alicyclic amines) is 1. The first-order valence-corrected chi connectivity index (χ1v) is 9.82. The highest BCUT2D eigenvalue weighted by Gasteiger charge is 2.49. The van der Waals surface area contributed by atoms with Crippen LogP contribution in [0.3, 0.4) is 0 Å². The molecule has 0 radical (unpaired) electrons. The number of hydrogen-bond acceptors (Lipinski definition) is 2. The van der Waals surface area contributed by atoms with Gasteiger partial charge in [0.1, 0.15) is 5.75 Å². The van der Waals surface area contributed by atoms with E-state index in [0.29, 0.717) is 18.1 Å². The highest BCUT2D eigenvalue weighted by atomic mass is 16.3. The molecule has 4 rings (SSSR count). The molecule has 2 fully saturated rings. The molecule has 1 N–H and O–H groups in total. The maximum Gasteiger partial charge on any atom is 0.227 e. The summed E-state index contributed by atoms with van der Waals surface area (Å²) in [6, 6.07) is 17.6. The highest BCUT2D eigenvalue weighted by molar-refractivity contribution is 5.80. The number of rotatable bonds is 3. The predicted octanol–water partition coefficient (Wildman–Crippen LogP) is 4.46. The lowest BCUT2D eigenvalue weighted by Crippen LogP contribution is -2.57. The number of nitrogens with zero attached hydrogens (tertiary/aromatic N) is 1. The second-order valence-corrected chi connectivity index (χ2v) is 8.22. The molecule has 3 nitrogen and oxygen atoms in total. The Kier molecular flexibility index (Phi) is 4.55. The number of hydrogen-bond donors (Lipinski definition) is 1. The Bertz CT molecular complexity index is 860. The van der Waals surface area contributed by atoms with Gasteiger partial charge >= 0.3 is 0 Å². The molecule has 2 aromatic rings. The molecule has 1 aliphatic heterocycles. The zero-order valence-electron chi connectivity index (χ0n) is 15.9. The maximum absolute atomic E-state index is 13.1. The van der Waals surface area contributed by atoms with Gasteiger partial charge in [0.15, 0.2) is 0 Å². The minimum absolute atomic E-state index is 0.0843. The largest absolute Gasteiger partial charge is 0.508 e. The van der Waals surface area contributed by atoms with E-state index in [2.05, 4.69) is 19.6 Å². The van der Waals surface area contributed by atoms with Gasteiger partial charge < -0.3 is 10.0 Å². The third-order valence-corrected chi connectivity index (χ3v) is 6.41. The van der Waals surface area contributed by atoms with Crippen molar-refractivity contribution in [3.8, 4) is 5.75 Å². The molecule has 2 aromatic carbocycles. The first-order valence-electron chi connectivity index (χ1n) is 9.82. The van der Waals surface area contributed by atoms with Gasteiger partial charge in [0.2, 0.25) is 5.91 Å². The Labute approximate surface area is 161 Å². The van der Waals surface area contributed by atoms with Crippen LogP contribution in [-0.2, 0) is 16.6 Å².